The highest BCUT2D eigenvalue weighted by Gasteiger charge is 2.29. The van der Waals surface area contributed by atoms with Gasteiger partial charge in [-0.1, -0.05) is 0 Å². The van der Waals surface area contributed by atoms with E-state index < -0.39 is 5.95 Å². The van der Waals surface area contributed by atoms with Crippen LogP contribution in [0.2, 0.25) is 0 Å². The summed E-state index contributed by atoms with van der Waals surface area (Å²) in [6.07, 6.45) is 5.62. The molecule has 2 N–H and O–H groups in total. The van der Waals surface area contributed by atoms with E-state index in [4.69, 9.17) is 20.4 Å². The molecule has 5 rings (SSSR count). The van der Waals surface area contributed by atoms with Crippen LogP contribution in [-0.2, 0) is 11.2 Å². The molecule has 0 saturated carbocycles. The molecular weight excluding hydrogens is 375 g/mol. The number of aromatic nitrogens is 5. The highest BCUT2D eigenvalue weighted by Crippen LogP contribution is 2.38. The zero-order valence-corrected chi connectivity index (χ0v) is 15.6. The van der Waals surface area contributed by atoms with Gasteiger partial charge in [0.15, 0.2) is 0 Å². The predicted molar refractivity (Wildman–Crippen MR) is 105 cm³/mol. The van der Waals surface area contributed by atoms with Gasteiger partial charge in [0.1, 0.15) is 5.82 Å². The lowest BCUT2D eigenvalue weighted by Crippen LogP contribution is -2.37. The molecule has 29 heavy (non-hydrogen) atoms. The summed E-state index contributed by atoms with van der Waals surface area (Å²) in [5.41, 5.74) is 9.01. The van der Waals surface area contributed by atoms with Crippen LogP contribution in [0.3, 0.4) is 0 Å². The molecule has 10 heteroatoms. The van der Waals surface area contributed by atoms with Crippen molar-refractivity contribution >= 4 is 23.4 Å². The van der Waals surface area contributed by atoms with E-state index in [0.29, 0.717) is 38.8 Å². The molecule has 0 aliphatic carbocycles. The fourth-order valence-electron chi connectivity index (χ4n) is 3.63. The minimum Gasteiger partial charge on any atom is -0.378 e. The first-order chi connectivity index (χ1) is 14.2. The van der Waals surface area contributed by atoms with Crippen molar-refractivity contribution in [1.29, 1.82) is 0 Å². The van der Waals surface area contributed by atoms with E-state index in [-0.39, 0.29) is 5.95 Å². The summed E-state index contributed by atoms with van der Waals surface area (Å²) in [6.45, 7) is 3.40. The number of morpholine rings is 1. The van der Waals surface area contributed by atoms with Gasteiger partial charge < -0.3 is 20.3 Å². The smallest absolute Gasteiger partial charge is 0.228 e. The third-order valence-corrected chi connectivity index (χ3v) is 5.08. The highest BCUT2D eigenvalue weighted by molar-refractivity contribution is 5.76. The Hall–Kier alpha value is -3.40. The molecule has 0 unspecified atom stereocenters. The van der Waals surface area contributed by atoms with Crippen LogP contribution in [0.1, 0.15) is 5.56 Å². The first kappa shape index (κ1) is 17.7. The van der Waals surface area contributed by atoms with Gasteiger partial charge in [-0.25, -0.2) is 19.9 Å². The Kier molecular flexibility index (Phi) is 4.39. The van der Waals surface area contributed by atoms with Crippen molar-refractivity contribution in [1.82, 2.24) is 24.9 Å². The third kappa shape index (κ3) is 3.31. The molecule has 2 aliphatic heterocycles. The van der Waals surface area contributed by atoms with E-state index >= 15 is 0 Å². The quantitative estimate of drug-likeness (QED) is 0.663. The Morgan fingerprint density at radius 1 is 0.966 bits per heavy atom. The number of nitrogens with two attached hydrogens (primary N) is 1. The molecule has 0 aromatic carbocycles. The molecule has 1 saturated heterocycles. The van der Waals surface area contributed by atoms with Crippen molar-refractivity contribution in [3.63, 3.8) is 0 Å². The van der Waals surface area contributed by atoms with Crippen molar-refractivity contribution in [2.75, 3.05) is 48.4 Å². The molecular formula is C19H19FN8O. The number of halogens is 1. The Morgan fingerprint density at radius 3 is 2.48 bits per heavy atom. The molecule has 0 bridgehead atoms. The summed E-state index contributed by atoms with van der Waals surface area (Å²) in [4.78, 5) is 25.9. The van der Waals surface area contributed by atoms with Gasteiger partial charge in [-0.3, -0.25) is 0 Å². The van der Waals surface area contributed by atoms with Gasteiger partial charge in [0.25, 0.3) is 0 Å². The van der Waals surface area contributed by atoms with E-state index in [2.05, 4.69) is 19.9 Å². The van der Waals surface area contributed by atoms with Crippen LogP contribution in [0.15, 0.2) is 30.7 Å². The number of rotatable bonds is 3. The predicted octanol–water partition coefficient (Wildman–Crippen LogP) is 1.58. The van der Waals surface area contributed by atoms with Crippen molar-refractivity contribution in [2.45, 2.75) is 6.42 Å². The second-order valence-corrected chi connectivity index (χ2v) is 6.84. The Bertz CT molecular complexity index is 1020. The maximum atomic E-state index is 13.3. The number of ether oxygens (including phenoxy) is 1. The number of anilines is 4. The van der Waals surface area contributed by atoms with E-state index in [9.17, 15) is 4.39 Å². The molecule has 0 atom stereocenters. The van der Waals surface area contributed by atoms with Crippen molar-refractivity contribution in [3.8, 4) is 11.3 Å². The van der Waals surface area contributed by atoms with Crippen LogP contribution in [0.25, 0.3) is 11.3 Å². The van der Waals surface area contributed by atoms with Crippen molar-refractivity contribution < 1.29 is 9.13 Å². The van der Waals surface area contributed by atoms with Crippen LogP contribution < -0.4 is 15.5 Å². The number of pyridine rings is 1. The topological polar surface area (TPSA) is 106 Å². The van der Waals surface area contributed by atoms with Crippen LogP contribution in [0.4, 0.5) is 27.8 Å². The normalized spacial score (nSPS) is 16.2. The molecule has 1 fully saturated rings. The molecule has 0 radical (unpaired) electrons. The van der Waals surface area contributed by atoms with E-state index in [1.807, 2.05) is 4.90 Å². The van der Waals surface area contributed by atoms with Gasteiger partial charge in [-0.05, 0) is 18.6 Å². The van der Waals surface area contributed by atoms with E-state index in [1.54, 1.807) is 18.5 Å². The molecule has 3 aromatic rings. The first-order valence-corrected chi connectivity index (χ1v) is 9.39. The lowest BCUT2D eigenvalue weighted by atomic mass is 10.1. The molecule has 5 heterocycles. The molecule has 2 aliphatic rings. The summed E-state index contributed by atoms with van der Waals surface area (Å²) in [5, 5.41) is 0. The SMILES string of the molecule is Nc1ncc(-c2nc(N3CCOCC3)nc3c2CCN3c2ccc(F)nc2)cn1. The second kappa shape index (κ2) is 7.21. The van der Waals surface area contributed by atoms with Gasteiger partial charge >= 0.3 is 0 Å². The van der Waals surface area contributed by atoms with Gasteiger partial charge in [-0.2, -0.15) is 9.37 Å². The lowest BCUT2D eigenvalue weighted by Gasteiger charge is -2.28. The molecule has 0 spiro atoms. The molecule has 3 aromatic heterocycles. The number of fused-ring (bicyclic) bond motifs is 1. The largest absolute Gasteiger partial charge is 0.378 e. The van der Waals surface area contributed by atoms with Gasteiger partial charge in [0, 0.05) is 43.2 Å². The lowest BCUT2D eigenvalue weighted by molar-refractivity contribution is 0.122. The average molecular weight is 394 g/mol. The minimum absolute atomic E-state index is 0.215. The fourth-order valence-corrected chi connectivity index (χ4v) is 3.63. The summed E-state index contributed by atoms with van der Waals surface area (Å²) in [5.74, 6) is 1.12. The Morgan fingerprint density at radius 2 is 1.76 bits per heavy atom. The van der Waals surface area contributed by atoms with E-state index in [1.165, 1.54) is 12.3 Å². The molecule has 148 valence electrons. The molecule has 9 nitrogen and oxygen atoms in total. The number of hydrogen-bond acceptors (Lipinski definition) is 9. The zero-order valence-electron chi connectivity index (χ0n) is 15.6. The van der Waals surface area contributed by atoms with Gasteiger partial charge in [-0.15, -0.1) is 0 Å². The van der Waals surface area contributed by atoms with Crippen LogP contribution in [0.5, 0.6) is 0 Å². The minimum atomic E-state index is -0.510. The van der Waals surface area contributed by atoms with Crippen LogP contribution >= 0.6 is 0 Å². The zero-order chi connectivity index (χ0) is 19.8. The summed E-state index contributed by atoms with van der Waals surface area (Å²) < 4.78 is 18.8. The van der Waals surface area contributed by atoms with Crippen LogP contribution in [0, 0.1) is 5.95 Å². The second-order valence-electron chi connectivity index (χ2n) is 6.84. The average Bonchev–Trinajstić information content (AvgIpc) is 3.19. The van der Waals surface area contributed by atoms with Gasteiger partial charge in [0.2, 0.25) is 17.8 Å². The van der Waals surface area contributed by atoms with E-state index in [0.717, 1.165) is 34.7 Å². The fraction of sp³-hybridized carbons (Fsp3) is 0.316. The molecule has 0 amide bonds. The Balaban J connectivity index is 1.63. The van der Waals surface area contributed by atoms with Crippen molar-refractivity contribution in [3.05, 3.63) is 42.2 Å². The van der Waals surface area contributed by atoms with Gasteiger partial charge in [0.05, 0.1) is 30.8 Å². The third-order valence-electron chi connectivity index (χ3n) is 5.08. The van der Waals surface area contributed by atoms with Crippen molar-refractivity contribution in [2.24, 2.45) is 0 Å². The maximum absolute atomic E-state index is 13.3. The highest BCUT2D eigenvalue weighted by atomic mass is 19.1. The summed E-state index contributed by atoms with van der Waals surface area (Å²) >= 11 is 0. The monoisotopic (exact) mass is 394 g/mol. The Labute approximate surface area is 166 Å². The summed E-state index contributed by atoms with van der Waals surface area (Å²) in [7, 11) is 0. The summed E-state index contributed by atoms with van der Waals surface area (Å²) in [6, 6.07) is 3.06. The van der Waals surface area contributed by atoms with Crippen LogP contribution in [-0.4, -0.2) is 57.8 Å². The first-order valence-electron chi connectivity index (χ1n) is 9.39. The maximum Gasteiger partial charge on any atom is 0.228 e. The standard InChI is InChI=1S/C19H19FN8O/c20-15-2-1-13(11-22-15)28-4-3-14-16(12-9-23-18(21)24-10-12)25-19(26-17(14)28)27-5-7-29-8-6-27/h1-2,9-11H,3-8H2,(H2,21,23,24). The number of nitrogens with zero attached hydrogens (tertiary/aromatic N) is 7. The number of hydrogen-bond donors (Lipinski definition) is 1. The number of nitrogen functional groups attached to an aromatic ring is 1.